The van der Waals surface area contributed by atoms with Crippen LogP contribution in [-0.4, -0.2) is 17.0 Å². The van der Waals surface area contributed by atoms with Crippen molar-refractivity contribution in [2.45, 2.75) is 6.61 Å². The first-order valence-corrected chi connectivity index (χ1v) is 9.47. The third kappa shape index (κ3) is 4.78. The van der Waals surface area contributed by atoms with Crippen LogP contribution in [0.3, 0.4) is 0 Å². The number of halogens is 1. The maximum absolute atomic E-state index is 13.6. The van der Waals surface area contributed by atoms with E-state index in [9.17, 15) is 19.3 Å². The molecule has 9 heteroatoms. The van der Waals surface area contributed by atoms with E-state index in [0.29, 0.717) is 27.8 Å². The zero-order valence-corrected chi connectivity index (χ0v) is 16.5. The van der Waals surface area contributed by atoms with Gasteiger partial charge in [0.25, 0.3) is 5.69 Å². The van der Waals surface area contributed by atoms with Gasteiger partial charge in [-0.2, -0.15) is 5.10 Å². The minimum absolute atomic E-state index is 0.0189. The summed E-state index contributed by atoms with van der Waals surface area (Å²) in [5.74, 6) is -0.375. The molecule has 4 rings (SSSR count). The number of hydrogen-bond acceptors (Lipinski definition) is 6. The molecule has 1 amide bonds. The van der Waals surface area contributed by atoms with Gasteiger partial charge in [0.1, 0.15) is 23.8 Å². The number of carbonyl (C=O) groups is 1. The highest BCUT2D eigenvalue weighted by Gasteiger charge is 2.14. The van der Waals surface area contributed by atoms with E-state index in [2.05, 4.69) is 10.5 Å². The van der Waals surface area contributed by atoms with Crippen molar-refractivity contribution in [2.24, 2.45) is 5.10 Å². The van der Waals surface area contributed by atoms with Crippen molar-refractivity contribution in [3.8, 4) is 5.75 Å². The van der Waals surface area contributed by atoms with Crippen LogP contribution in [0.15, 0.2) is 82.3 Å². The normalized spacial score (nSPS) is 11.0. The predicted molar refractivity (Wildman–Crippen MR) is 115 cm³/mol. The Balaban J connectivity index is 1.34. The molecule has 160 valence electrons. The first kappa shape index (κ1) is 20.7. The maximum Gasteiger partial charge on any atom is 0.307 e. The molecular formula is C23H16FN3O5. The maximum atomic E-state index is 13.6. The van der Waals surface area contributed by atoms with Crippen molar-refractivity contribution in [1.82, 2.24) is 5.43 Å². The lowest BCUT2D eigenvalue weighted by Crippen LogP contribution is -2.16. The standard InChI is InChI=1S/C23H16FN3O5/c24-20-4-2-1-3-16(20)14-31-19-8-5-15(6-9-19)13-25-26-23(28)22-12-17-11-18(27(29)30)7-10-21(17)32-22/h1-13H,14H2,(H,26,28)/b25-13+. The minimum Gasteiger partial charge on any atom is -0.489 e. The van der Waals surface area contributed by atoms with E-state index < -0.39 is 10.8 Å². The van der Waals surface area contributed by atoms with Crippen LogP contribution in [0.1, 0.15) is 21.7 Å². The molecule has 0 aliphatic carbocycles. The number of nitro groups is 1. The predicted octanol–water partition coefficient (Wildman–Crippen LogP) is 4.82. The van der Waals surface area contributed by atoms with Crippen molar-refractivity contribution in [1.29, 1.82) is 0 Å². The van der Waals surface area contributed by atoms with Gasteiger partial charge < -0.3 is 9.15 Å². The number of benzene rings is 3. The number of amides is 1. The Morgan fingerprint density at radius 2 is 1.91 bits per heavy atom. The fourth-order valence-electron chi connectivity index (χ4n) is 2.90. The molecule has 8 nitrogen and oxygen atoms in total. The van der Waals surface area contributed by atoms with Crippen LogP contribution >= 0.6 is 0 Å². The van der Waals surface area contributed by atoms with Crippen LogP contribution in [0.5, 0.6) is 5.75 Å². The summed E-state index contributed by atoms with van der Waals surface area (Å²) in [5.41, 5.74) is 3.76. The molecule has 3 aromatic carbocycles. The van der Waals surface area contributed by atoms with Crippen molar-refractivity contribution in [3.63, 3.8) is 0 Å². The summed E-state index contributed by atoms with van der Waals surface area (Å²) in [4.78, 5) is 22.6. The fraction of sp³-hybridized carbons (Fsp3) is 0.0435. The first-order valence-electron chi connectivity index (χ1n) is 9.47. The number of fused-ring (bicyclic) bond motifs is 1. The number of ether oxygens (including phenoxy) is 1. The third-order valence-corrected chi connectivity index (χ3v) is 4.55. The molecule has 0 aliphatic rings. The summed E-state index contributed by atoms with van der Waals surface area (Å²) < 4.78 is 24.6. The summed E-state index contributed by atoms with van der Waals surface area (Å²) in [6.45, 7) is 0.108. The molecule has 0 bridgehead atoms. The van der Waals surface area contributed by atoms with E-state index >= 15 is 0 Å². The van der Waals surface area contributed by atoms with Gasteiger partial charge in [-0.25, -0.2) is 9.82 Å². The lowest BCUT2D eigenvalue weighted by Gasteiger charge is -2.07. The van der Waals surface area contributed by atoms with Crippen LogP contribution in [0.2, 0.25) is 0 Å². The van der Waals surface area contributed by atoms with Gasteiger partial charge in [-0.3, -0.25) is 14.9 Å². The van der Waals surface area contributed by atoms with Crippen molar-refractivity contribution in [3.05, 3.63) is 106 Å². The molecule has 1 aromatic heterocycles. The number of non-ortho nitro benzene ring substituents is 1. The second-order valence-corrected chi connectivity index (χ2v) is 6.74. The van der Waals surface area contributed by atoms with Gasteiger partial charge in [0.2, 0.25) is 0 Å². The van der Waals surface area contributed by atoms with Gasteiger partial charge in [-0.1, -0.05) is 18.2 Å². The van der Waals surface area contributed by atoms with E-state index in [1.54, 1.807) is 42.5 Å². The zero-order valence-electron chi connectivity index (χ0n) is 16.5. The van der Waals surface area contributed by atoms with E-state index in [1.165, 1.54) is 36.5 Å². The Kier molecular flexibility index (Phi) is 5.89. The number of nitrogens with zero attached hydrogens (tertiary/aromatic N) is 2. The lowest BCUT2D eigenvalue weighted by atomic mass is 10.2. The minimum atomic E-state index is -0.593. The Bertz CT molecular complexity index is 1310. The average Bonchev–Trinajstić information content (AvgIpc) is 3.23. The van der Waals surface area contributed by atoms with Gasteiger partial charge in [-0.05, 0) is 48.0 Å². The topological polar surface area (TPSA) is 107 Å². The first-order chi connectivity index (χ1) is 15.5. The van der Waals surface area contributed by atoms with Gasteiger partial charge in [0.15, 0.2) is 5.76 Å². The number of hydrogen-bond donors (Lipinski definition) is 1. The number of rotatable bonds is 7. The quantitative estimate of drug-likeness (QED) is 0.255. The summed E-state index contributed by atoms with van der Waals surface area (Å²) in [7, 11) is 0. The third-order valence-electron chi connectivity index (χ3n) is 4.55. The molecule has 0 atom stereocenters. The molecule has 0 radical (unpaired) electrons. The SMILES string of the molecule is O=C(N/N=C/c1ccc(OCc2ccccc2F)cc1)c1cc2cc([N+](=O)[O-])ccc2o1. The lowest BCUT2D eigenvalue weighted by molar-refractivity contribution is -0.384. The second-order valence-electron chi connectivity index (χ2n) is 6.74. The molecule has 0 aliphatic heterocycles. The van der Waals surface area contributed by atoms with Gasteiger partial charge in [0.05, 0.1) is 11.1 Å². The molecule has 0 spiro atoms. The number of carbonyl (C=O) groups excluding carboxylic acids is 1. The molecule has 1 heterocycles. The Hall–Kier alpha value is -4.53. The highest BCUT2D eigenvalue weighted by Crippen LogP contribution is 2.24. The largest absolute Gasteiger partial charge is 0.489 e. The van der Waals surface area contributed by atoms with E-state index in [0.717, 1.165) is 0 Å². The van der Waals surface area contributed by atoms with Crippen LogP contribution in [-0.2, 0) is 6.61 Å². The molecule has 0 unspecified atom stereocenters. The summed E-state index contributed by atoms with van der Waals surface area (Å²) in [6, 6.07) is 18.7. The Labute approximate surface area is 181 Å². The molecule has 0 saturated carbocycles. The number of hydrazone groups is 1. The van der Waals surface area contributed by atoms with Gasteiger partial charge in [-0.15, -0.1) is 0 Å². The highest BCUT2D eigenvalue weighted by molar-refractivity contribution is 5.97. The van der Waals surface area contributed by atoms with Crippen molar-refractivity contribution in [2.75, 3.05) is 0 Å². The Morgan fingerprint density at radius 1 is 1.12 bits per heavy atom. The smallest absolute Gasteiger partial charge is 0.307 e. The summed E-state index contributed by atoms with van der Waals surface area (Å²) in [6.07, 6.45) is 1.44. The second kappa shape index (κ2) is 9.09. The molecular weight excluding hydrogens is 417 g/mol. The van der Waals surface area contributed by atoms with Crippen LogP contribution in [0.4, 0.5) is 10.1 Å². The average molecular weight is 433 g/mol. The van der Waals surface area contributed by atoms with E-state index in [4.69, 9.17) is 9.15 Å². The molecule has 4 aromatic rings. The molecule has 0 fully saturated rings. The van der Waals surface area contributed by atoms with Gasteiger partial charge in [0, 0.05) is 23.1 Å². The fourth-order valence-corrected chi connectivity index (χ4v) is 2.90. The van der Waals surface area contributed by atoms with Crippen molar-refractivity contribution < 1.29 is 23.3 Å². The van der Waals surface area contributed by atoms with Crippen molar-refractivity contribution >= 4 is 28.8 Å². The Morgan fingerprint density at radius 3 is 2.66 bits per heavy atom. The monoisotopic (exact) mass is 433 g/mol. The molecule has 0 saturated heterocycles. The zero-order chi connectivity index (χ0) is 22.5. The summed E-state index contributed by atoms with van der Waals surface area (Å²) in [5, 5.41) is 15.2. The molecule has 1 N–H and O–H groups in total. The molecule has 32 heavy (non-hydrogen) atoms. The highest BCUT2D eigenvalue weighted by atomic mass is 19.1. The van der Waals surface area contributed by atoms with E-state index in [-0.39, 0.29) is 23.9 Å². The number of furan rings is 1. The van der Waals surface area contributed by atoms with Gasteiger partial charge >= 0.3 is 5.91 Å². The summed E-state index contributed by atoms with van der Waals surface area (Å²) >= 11 is 0. The van der Waals surface area contributed by atoms with E-state index in [1.807, 2.05) is 0 Å². The van der Waals surface area contributed by atoms with Crippen LogP contribution in [0.25, 0.3) is 11.0 Å². The van der Waals surface area contributed by atoms with Crippen LogP contribution < -0.4 is 10.2 Å². The van der Waals surface area contributed by atoms with Crippen LogP contribution in [0, 0.1) is 15.9 Å². The number of nitro benzene ring substituents is 1. The number of nitrogens with one attached hydrogen (secondary N) is 1.